The van der Waals surface area contributed by atoms with Gasteiger partial charge >= 0.3 is 5.97 Å². The quantitative estimate of drug-likeness (QED) is 0.744. The zero-order valence-electron chi connectivity index (χ0n) is 16.2. The van der Waals surface area contributed by atoms with Crippen molar-refractivity contribution in [2.45, 2.75) is 77.7 Å². The SMILES string of the molecule is CC(C)(C)Cc1noc2nc(C3CC3)cc(C(=O)OC3CCCCC3=O)c12. The third-order valence-electron chi connectivity index (χ3n) is 5.20. The Labute approximate surface area is 158 Å². The molecule has 0 aliphatic heterocycles. The van der Waals surface area contributed by atoms with Gasteiger partial charge in [-0.2, -0.15) is 0 Å². The molecule has 0 N–H and O–H groups in total. The lowest BCUT2D eigenvalue weighted by molar-refractivity contribution is -0.129. The number of carbonyl (C=O) groups is 2. The van der Waals surface area contributed by atoms with Crippen LogP contribution in [0, 0.1) is 5.41 Å². The Balaban J connectivity index is 1.72. The van der Waals surface area contributed by atoms with Crippen molar-refractivity contribution >= 4 is 22.9 Å². The molecule has 0 spiro atoms. The topological polar surface area (TPSA) is 82.3 Å². The average molecular weight is 370 g/mol. The summed E-state index contributed by atoms with van der Waals surface area (Å²) in [5.41, 5.74) is 2.37. The Morgan fingerprint density at radius 2 is 2.04 bits per heavy atom. The summed E-state index contributed by atoms with van der Waals surface area (Å²) in [5.74, 6) is -0.0844. The van der Waals surface area contributed by atoms with Gasteiger partial charge in [-0.15, -0.1) is 0 Å². The number of pyridine rings is 1. The van der Waals surface area contributed by atoms with E-state index < -0.39 is 12.1 Å². The molecule has 2 aromatic heterocycles. The highest BCUT2D eigenvalue weighted by Gasteiger charge is 2.32. The van der Waals surface area contributed by atoms with Crippen LogP contribution in [0.2, 0.25) is 0 Å². The molecule has 2 fully saturated rings. The summed E-state index contributed by atoms with van der Waals surface area (Å²) in [5, 5.41) is 4.82. The molecule has 6 nitrogen and oxygen atoms in total. The molecule has 1 unspecified atom stereocenters. The normalized spacial score (nSPS) is 20.9. The Bertz CT molecular complexity index is 889. The lowest BCUT2D eigenvalue weighted by Crippen LogP contribution is -2.30. The van der Waals surface area contributed by atoms with Crippen molar-refractivity contribution in [2.75, 3.05) is 0 Å². The standard InChI is InChI=1S/C21H26N2O4/c1-21(2,3)11-15-18-13(20(25)26-17-7-5-4-6-16(17)24)10-14(12-8-9-12)22-19(18)27-23-15/h10,12,17H,4-9,11H2,1-3H3. The molecule has 2 saturated carbocycles. The number of fused-ring (bicyclic) bond motifs is 1. The summed E-state index contributed by atoms with van der Waals surface area (Å²) in [6.07, 6.45) is 5.03. The molecule has 0 bridgehead atoms. The second-order valence-corrected chi connectivity index (χ2v) is 9.02. The van der Waals surface area contributed by atoms with E-state index in [1.165, 1.54) is 0 Å². The maximum atomic E-state index is 13.0. The van der Waals surface area contributed by atoms with E-state index in [2.05, 4.69) is 30.9 Å². The third kappa shape index (κ3) is 3.89. The van der Waals surface area contributed by atoms with Crippen molar-refractivity contribution < 1.29 is 18.8 Å². The van der Waals surface area contributed by atoms with Crippen LogP contribution in [0.5, 0.6) is 0 Å². The van der Waals surface area contributed by atoms with Crippen LogP contribution < -0.4 is 0 Å². The molecule has 6 heteroatoms. The fraction of sp³-hybridized carbons (Fsp3) is 0.619. The van der Waals surface area contributed by atoms with Crippen LogP contribution in [0.1, 0.15) is 87.0 Å². The first-order valence-electron chi connectivity index (χ1n) is 9.85. The highest BCUT2D eigenvalue weighted by atomic mass is 16.5. The van der Waals surface area contributed by atoms with Crippen LogP contribution >= 0.6 is 0 Å². The summed E-state index contributed by atoms with van der Waals surface area (Å²) in [6.45, 7) is 6.33. The van der Waals surface area contributed by atoms with Gasteiger partial charge in [-0.1, -0.05) is 25.9 Å². The second kappa shape index (κ2) is 6.73. The fourth-order valence-electron chi connectivity index (χ4n) is 3.67. The zero-order chi connectivity index (χ0) is 19.2. The summed E-state index contributed by atoms with van der Waals surface area (Å²) in [7, 11) is 0. The van der Waals surface area contributed by atoms with Gasteiger partial charge in [0.15, 0.2) is 11.9 Å². The van der Waals surface area contributed by atoms with Gasteiger partial charge in [0, 0.05) is 18.0 Å². The van der Waals surface area contributed by atoms with Gasteiger partial charge in [-0.25, -0.2) is 9.78 Å². The average Bonchev–Trinajstić information content (AvgIpc) is 3.38. The van der Waals surface area contributed by atoms with Gasteiger partial charge in [-0.3, -0.25) is 4.79 Å². The maximum Gasteiger partial charge on any atom is 0.339 e. The van der Waals surface area contributed by atoms with E-state index in [0.29, 0.717) is 47.5 Å². The van der Waals surface area contributed by atoms with E-state index in [9.17, 15) is 9.59 Å². The van der Waals surface area contributed by atoms with Crippen LogP contribution in [0.4, 0.5) is 0 Å². The van der Waals surface area contributed by atoms with Crippen molar-refractivity contribution in [3.63, 3.8) is 0 Å². The minimum atomic E-state index is -0.634. The minimum Gasteiger partial charge on any atom is -0.451 e. The first-order chi connectivity index (χ1) is 12.8. The molecule has 27 heavy (non-hydrogen) atoms. The Hall–Kier alpha value is -2.24. The molecule has 144 valence electrons. The summed E-state index contributed by atoms with van der Waals surface area (Å²) < 4.78 is 11.1. The minimum absolute atomic E-state index is 0.0144. The Kier molecular flexibility index (Phi) is 4.52. The summed E-state index contributed by atoms with van der Waals surface area (Å²) in [4.78, 5) is 29.7. The van der Waals surface area contributed by atoms with Crippen LogP contribution in [-0.4, -0.2) is 28.0 Å². The highest BCUT2D eigenvalue weighted by molar-refractivity contribution is 6.04. The molecule has 0 radical (unpaired) electrons. The fourth-order valence-corrected chi connectivity index (χ4v) is 3.67. The van der Waals surface area contributed by atoms with E-state index in [0.717, 1.165) is 31.4 Å². The molecule has 2 aromatic rings. The predicted octanol–water partition coefficient (Wildman–Crippen LogP) is 4.36. The number of aromatic nitrogens is 2. The number of nitrogens with zero attached hydrogens (tertiary/aromatic N) is 2. The molecule has 4 rings (SSSR count). The molecular formula is C21H26N2O4. The molecule has 0 aromatic carbocycles. The number of ether oxygens (including phenoxy) is 1. The van der Waals surface area contributed by atoms with E-state index in [1.807, 2.05) is 6.07 Å². The van der Waals surface area contributed by atoms with Gasteiger partial charge in [-0.05, 0) is 50.0 Å². The summed E-state index contributed by atoms with van der Waals surface area (Å²) >= 11 is 0. The second-order valence-electron chi connectivity index (χ2n) is 9.02. The Morgan fingerprint density at radius 3 is 2.70 bits per heavy atom. The van der Waals surface area contributed by atoms with E-state index in [-0.39, 0.29) is 11.2 Å². The highest BCUT2D eigenvalue weighted by Crippen LogP contribution is 2.41. The van der Waals surface area contributed by atoms with Crippen molar-refractivity contribution in [1.29, 1.82) is 0 Å². The van der Waals surface area contributed by atoms with Crippen LogP contribution in [-0.2, 0) is 16.0 Å². The maximum absolute atomic E-state index is 13.0. The Morgan fingerprint density at radius 1 is 1.26 bits per heavy atom. The molecule has 0 saturated heterocycles. The molecule has 1 atom stereocenters. The number of esters is 1. The number of carbonyl (C=O) groups excluding carboxylic acids is 2. The lowest BCUT2D eigenvalue weighted by atomic mass is 9.89. The van der Waals surface area contributed by atoms with Gasteiger partial charge < -0.3 is 9.26 Å². The van der Waals surface area contributed by atoms with Crippen molar-refractivity contribution in [1.82, 2.24) is 10.1 Å². The van der Waals surface area contributed by atoms with Gasteiger partial charge in [0.2, 0.25) is 0 Å². The smallest absolute Gasteiger partial charge is 0.339 e. The van der Waals surface area contributed by atoms with E-state index >= 15 is 0 Å². The monoisotopic (exact) mass is 370 g/mol. The number of rotatable bonds is 4. The van der Waals surface area contributed by atoms with Crippen molar-refractivity contribution in [2.24, 2.45) is 5.41 Å². The molecule has 0 amide bonds. The van der Waals surface area contributed by atoms with Crippen molar-refractivity contribution in [3.05, 3.63) is 23.0 Å². The van der Waals surface area contributed by atoms with Crippen LogP contribution in [0.15, 0.2) is 10.6 Å². The summed E-state index contributed by atoms with van der Waals surface area (Å²) in [6, 6.07) is 1.82. The molecular weight excluding hydrogens is 344 g/mol. The molecule has 2 aliphatic carbocycles. The van der Waals surface area contributed by atoms with Gasteiger partial charge in [0.1, 0.15) is 0 Å². The lowest BCUT2D eigenvalue weighted by Gasteiger charge is -2.21. The van der Waals surface area contributed by atoms with Crippen LogP contribution in [0.25, 0.3) is 11.1 Å². The largest absolute Gasteiger partial charge is 0.451 e. The number of hydrogen-bond acceptors (Lipinski definition) is 6. The molecule has 2 heterocycles. The van der Waals surface area contributed by atoms with E-state index in [1.54, 1.807) is 0 Å². The third-order valence-corrected chi connectivity index (χ3v) is 5.20. The first-order valence-corrected chi connectivity index (χ1v) is 9.85. The molecule has 2 aliphatic rings. The van der Waals surface area contributed by atoms with E-state index in [4.69, 9.17) is 9.26 Å². The van der Waals surface area contributed by atoms with Gasteiger partial charge in [0.25, 0.3) is 5.71 Å². The number of ketones is 1. The first kappa shape index (κ1) is 18.1. The zero-order valence-corrected chi connectivity index (χ0v) is 16.2. The van der Waals surface area contributed by atoms with Gasteiger partial charge in [0.05, 0.1) is 16.6 Å². The number of Topliss-reactive ketones (excluding diaryl/α,β-unsaturated/α-hetero) is 1. The predicted molar refractivity (Wildman–Crippen MR) is 99.6 cm³/mol. The van der Waals surface area contributed by atoms with Crippen molar-refractivity contribution in [3.8, 4) is 0 Å². The number of hydrogen-bond donors (Lipinski definition) is 0. The van der Waals surface area contributed by atoms with Crippen LogP contribution in [0.3, 0.4) is 0 Å².